The zero-order chi connectivity index (χ0) is 17.9. The maximum absolute atomic E-state index is 6.21. The maximum atomic E-state index is 6.21. The van der Waals surface area contributed by atoms with Crippen molar-refractivity contribution in [1.82, 2.24) is 19.9 Å². The Morgan fingerprint density at radius 1 is 1.12 bits per heavy atom. The number of nitrogens with two attached hydrogens (primary N) is 1. The van der Waals surface area contributed by atoms with Crippen molar-refractivity contribution in [1.29, 1.82) is 0 Å². The first-order chi connectivity index (χ1) is 12.7. The first kappa shape index (κ1) is 16.0. The molecule has 0 amide bonds. The van der Waals surface area contributed by atoms with E-state index in [9.17, 15) is 0 Å². The van der Waals surface area contributed by atoms with Gasteiger partial charge in [-0.05, 0) is 30.3 Å². The zero-order valence-corrected chi connectivity index (χ0v) is 14.6. The topological polar surface area (TPSA) is 111 Å². The lowest BCUT2D eigenvalue weighted by Gasteiger charge is -2.10. The van der Waals surface area contributed by atoms with Gasteiger partial charge in [-0.25, -0.2) is 15.0 Å². The van der Waals surface area contributed by atoms with Crippen LogP contribution < -0.4 is 21.1 Å². The number of hydrogen-bond acceptors (Lipinski definition) is 9. The Balaban J connectivity index is 1.61. The summed E-state index contributed by atoms with van der Waals surface area (Å²) in [4.78, 5) is 17.0. The largest absolute Gasteiger partial charge is 0.497 e. The summed E-state index contributed by atoms with van der Waals surface area (Å²) >= 11 is 1.49. The summed E-state index contributed by atoms with van der Waals surface area (Å²) in [6.07, 6.45) is 4.83. The predicted molar refractivity (Wildman–Crippen MR) is 103 cm³/mol. The minimum Gasteiger partial charge on any atom is -0.497 e. The molecule has 0 saturated carbocycles. The Hall–Kier alpha value is -3.46. The molecule has 130 valence electrons. The number of benzene rings is 1. The number of rotatable bonds is 5. The summed E-state index contributed by atoms with van der Waals surface area (Å²) in [5.41, 5.74) is 8.26. The molecule has 1 aromatic carbocycles. The zero-order valence-electron chi connectivity index (χ0n) is 13.8. The molecule has 0 radical (unpaired) electrons. The number of methoxy groups -OCH3 is 1. The molecule has 0 aliphatic rings. The van der Waals surface area contributed by atoms with E-state index in [2.05, 4.69) is 30.6 Å². The number of ether oxygens (including phenoxy) is 1. The van der Waals surface area contributed by atoms with Gasteiger partial charge in [0.15, 0.2) is 16.8 Å². The molecule has 0 atom stereocenters. The third-order valence-corrected chi connectivity index (χ3v) is 4.56. The molecule has 0 spiro atoms. The minimum absolute atomic E-state index is 0.396. The van der Waals surface area contributed by atoms with Gasteiger partial charge in [0.25, 0.3) is 0 Å². The Morgan fingerprint density at radius 2 is 1.96 bits per heavy atom. The average molecular weight is 365 g/mol. The lowest BCUT2D eigenvalue weighted by Crippen LogP contribution is -2.05. The van der Waals surface area contributed by atoms with Crippen molar-refractivity contribution >= 4 is 49.7 Å². The van der Waals surface area contributed by atoms with Crippen LogP contribution in [0.4, 0.5) is 28.1 Å². The Bertz CT molecular complexity index is 1050. The summed E-state index contributed by atoms with van der Waals surface area (Å²) in [6.45, 7) is 0. The van der Waals surface area contributed by atoms with E-state index in [0.717, 1.165) is 21.7 Å². The number of hydrogen-bond donors (Lipinski definition) is 3. The lowest BCUT2D eigenvalue weighted by atomic mass is 10.3. The quantitative estimate of drug-likeness (QED) is 0.492. The van der Waals surface area contributed by atoms with Crippen molar-refractivity contribution in [2.24, 2.45) is 0 Å². The van der Waals surface area contributed by atoms with Crippen LogP contribution in [0.1, 0.15) is 0 Å². The van der Waals surface area contributed by atoms with Gasteiger partial charge in [0.2, 0.25) is 0 Å². The van der Waals surface area contributed by atoms with E-state index in [0.29, 0.717) is 22.5 Å². The molecule has 9 heteroatoms. The molecule has 26 heavy (non-hydrogen) atoms. The molecule has 3 aromatic heterocycles. The smallest absolute Gasteiger partial charge is 0.189 e. The third kappa shape index (κ3) is 3.20. The summed E-state index contributed by atoms with van der Waals surface area (Å²) in [5.74, 6) is 1.77. The van der Waals surface area contributed by atoms with E-state index >= 15 is 0 Å². The predicted octanol–water partition coefficient (Wildman–Crippen LogP) is 3.56. The van der Waals surface area contributed by atoms with Crippen molar-refractivity contribution < 1.29 is 4.74 Å². The highest BCUT2D eigenvalue weighted by molar-refractivity contribution is 7.22. The molecule has 8 nitrogen and oxygen atoms in total. The van der Waals surface area contributed by atoms with Gasteiger partial charge < -0.3 is 21.1 Å². The molecule has 3 heterocycles. The van der Waals surface area contributed by atoms with Gasteiger partial charge in [0, 0.05) is 6.20 Å². The second kappa shape index (κ2) is 6.81. The number of aromatic nitrogens is 4. The van der Waals surface area contributed by atoms with Gasteiger partial charge in [-0.3, -0.25) is 4.98 Å². The molecule has 0 bridgehead atoms. The fraction of sp³-hybridized carbons (Fsp3) is 0.0588. The first-order valence-corrected chi connectivity index (χ1v) is 8.54. The number of fused-ring (bicyclic) bond motifs is 1. The molecule has 0 fully saturated rings. The molecule has 4 rings (SSSR count). The summed E-state index contributed by atoms with van der Waals surface area (Å²) in [6, 6.07) is 9.43. The number of thiazole rings is 1. The van der Waals surface area contributed by atoms with E-state index in [-0.39, 0.29) is 0 Å². The number of nitrogens with one attached hydrogen (secondary N) is 2. The monoisotopic (exact) mass is 365 g/mol. The Morgan fingerprint density at radius 3 is 2.73 bits per heavy atom. The SMILES string of the molecule is COc1ccc2nc(Nc3ncnc(Nc4cccnc4)c3N)sc2c1. The molecule has 0 unspecified atom stereocenters. The number of nitrogens with zero attached hydrogens (tertiary/aromatic N) is 4. The van der Waals surface area contributed by atoms with Crippen molar-refractivity contribution in [2.75, 3.05) is 23.5 Å². The molecule has 0 aliphatic carbocycles. The van der Waals surface area contributed by atoms with E-state index < -0.39 is 0 Å². The van der Waals surface area contributed by atoms with Crippen LogP contribution in [0.3, 0.4) is 0 Å². The fourth-order valence-corrected chi connectivity index (χ4v) is 3.25. The Kier molecular flexibility index (Phi) is 4.20. The van der Waals surface area contributed by atoms with E-state index in [1.54, 1.807) is 19.5 Å². The lowest BCUT2D eigenvalue weighted by molar-refractivity contribution is 0.415. The highest BCUT2D eigenvalue weighted by atomic mass is 32.1. The van der Waals surface area contributed by atoms with Crippen LogP contribution in [-0.2, 0) is 0 Å². The molecular formula is C17H15N7OS. The molecule has 4 N–H and O–H groups in total. The minimum atomic E-state index is 0.396. The molecule has 4 aromatic rings. The number of nitrogen functional groups attached to an aromatic ring is 1. The number of pyridine rings is 1. The second-order valence-corrected chi connectivity index (χ2v) is 6.36. The maximum Gasteiger partial charge on any atom is 0.189 e. The van der Waals surface area contributed by atoms with Gasteiger partial charge in [0.1, 0.15) is 17.8 Å². The van der Waals surface area contributed by atoms with Gasteiger partial charge >= 0.3 is 0 Å². The summed E-state index contributed by atoms with van der Waals surface area (Å²) < 4.78 is 6.25. The van der Waals surface area contributed by atoms with Crippen LogP contribution in [0.25, 0.3) is 10.2 Å². The third-order valence-electron chi connectivity index (χ3n) is 3.63. The first-order valence-electron chi connectivity index (χ1n) is 7.72. The van der Waals surface area contributed by atoms with Crippen molar-refractivity contribution in [3.63, 3.8) is 0 Å². The van der Waals surface area contributed by atoms with Crippen LogP contribution in [0, 0.1) is 0 Å². The van der Waals surface area contributed by atoms with Crippen LogP contribution in [0.2, 0.25) is 0 Å². The van der Waals surface area contributed by atoms with E-state index in [4.69, 9.17) is 10.5 Å². The van der Waals surface area contributed by atoms with E-state index in [1.165, 1.54) is 17.7 Å². The van der Waals surface area contributed by atoms with Crippen molar-refractivity contribution in [2.45, 2.75) is 0 Å². The van der Waals surface area contributed by atoms with Crippen LogP contribution in [0.15, 0.2) is 49.1 Å². The summed E-state index contributed by atoms with van der Waals surface area (Å²) in [5, 5.41) is 6.97. The molecule has 0 saturated heterocycles. The highest BCUT2D eigenvalue weighted by Gasteiger charge is 2.11. The Labute approximate surface area is 153 Å². The van der Waals surface area contributed by atoms with Crippen LogP contribution >= 0.6 is 11.3 Å². The standard InChI is InChI=1S/C17H15N7OS/c1-25-11-4-5-12-13(7-11)26-17(23-12)24-16-14(18)15(20-9-21-16)22-10-3-2-6-19-8-10/h2-9H,18H2,1H3,(H2,20,21,22,23,24). The summed E-state index contributed by atoms with van der Waals surface area (Å²) in [7, 11) is 1.64. The molecule has 0 aliphatic heterocycles. The van der Waals surface area contributed by atoms with Crippen molar-refractivity contribution in [3.05, 3.63) is 49.1 Å². The van der Waals surface area contributed by atoms with Gasteiger partial charge in [-0.2, -0.15) is 0 Å². The van der Waals surface area contributed by atoms with E-state index in [1.807, 2.05) is 30.3 Å². The highest BCUT2D eigenvalue weighted by Crippen LogP contribution is 2.33. The average Bonchev–Trinajstić information content (AvgIpc) is 3.07. The van der Waals surface area contributed by atoms with Gasteiger partial charge in [-0.15, -0.1) is 0 Å². The second-order valence-electron chi connectivity index (χ2n) is 5.33. The van der Waals surface area contributed by atoms with Gasteiger partial charge in [-0.1, -0.05) is 11.3 Å². The normalized spacial score (nSPS) is 10.7. The molecular weight excluding hydrogens is 350 g/mol. The van der Waals surface area contributed by atoms with Crippen LogP contribution in [0.5, 0.6) is 5.75 Å². The fourth-order valence-electron chi connectivity index (χ4n) is 2.35. The number of anilines is 5. The van der Waals surface area contributed by atoms with Crippen molar-refractivity contribution in [3.8, 4) is 5.75 Å². The van der Waals surface area contributed by atoms with Gasteiger partial charge in [0.05, 0.1) is 29.2 Å². The van der Waals surface area contributed by atoms with Crippen LogP contribution in [-0.4, -0.2) is 27.0 Å².